The molecule has 1 saturated heterocycles. The zero-order valence-corrected chi connectivity index (χ0v) is 15.5. The van der Waals surface area contributed by atoms with Gasteiger partial charge in [0.25, 0.3) is 0 Å². The molecular weight excluding hydrogens is 322 g/mol. The second-order valence-corrected chi connectivity index (χ2v) is 8.01. The summed E-state index contributed by atoms with van der Waals surface area (Å²) in [6, 6.07) is 6.38. The predicted molar refractivity (Wildman–Crippen MR) is 94.1 cm³/mol. The van der Waals surface area contributed by atoms with Gasteiger partial charge in [0.15, 0.2) is 0 Å². The maximum atomic E-state index is 12.4. The van der Waals surface area contributed by atoms with Crippen LogP contribution < -0.4 is 4.74 Å². The molecule has 1 unspecified atom stereocenters. The molecule has 6 heteroatoms. The molecule has 1 amide bonds. The van der Waals surface area contributed by atoms with E-state index in [4.69, 9.17) is 14.6 Å². The lowest BCUT2D eigenvalue weighted by atomic mass is 9.89. The molecule has 6 nitrogen and oxygen atoms in total. The average molecular weight is 349 g/mol. The van der Waals surface area contributed by atoms with E-state index >= 15 is 0 Å². The highest BCUT2D eigenvalue weighted by Gasteiger charge is 2.40. The molecule has 0 aliphatic carbocycles. The topological polar surface area (TPSA) is 76.1 Å². The second kappa shape index (κ2) is 6.94. The predicted octanol–water partition coefficient (Wildman–Crippen LogP) is 3.94. The van der Waals surface area contributed by atoms with Crippen molar-refractivity contribution in [2.24, 2.45) is 0 Å². The van der Waals surface area contributed by atoms with Crippen LogP contribution in [0.25, 0.3) is 0 Å². The second-order valence-electron chi connectivity index (χ2n) is 8.01. The fraction of sp³-hybridized carbons (Fsp3) is 0.579. The first-order valence-corrected chi connectivity index (χ1v) is 8.48. The minimum Gasteiger partial charge on any atom is -0.490 e. The number of carboxylic acid groups (broad SMARTS) is 1. The molecule has 1 fully saturated rings. The highest BCUT2D eigenvalue weighted by molar-refractivity contribution is 5.87. The van der Waals surface area contributed by atoms with E-state index in [1.165, 1.54) is 12.1 Å². The van der Waals surface area contributed by atoms with Gasteiger partial charge in [-0.05, 0) is 58.9 Å². The Morgan fingerprint density at radius 3 is 2.28 bits per heavy atom. The van der Waals surface area contributed by atoms with E-state index in [2.05, 4.69) is 0 Å². The first kappa shape index (κ1) is 19.1. The maximum Gasteiger partial charge on any atom is 0.410 e. The van der Waals surface area contributed by atoms with Crippen molar-refractivity contribution in [1.82, 2.24) is 4.90 Å². The van der Waals surface area contributed by atoms with Gasteiger partial charge in [-0.15, -0.1) is 0 Å². The monoisotopic (exact) mass is 349 g/mol. The molecule has 0 aromatic heterocycles. The van der Waals surface area contributed by atoms with Gasteiger partial charge in [-0.1, -0.05) is 0 Å². The van der Waals surface area contributed by atoms with Crippen LogP contribution in [0, 0.1) is 0 Å². The number of ether oxygens (including phenoxy) is 2. The van der Waals surface area contributed by atoms with Crippen molar-refractivity contribution in [3.8, 4) is 5.75 Å². The largest absolute Gasteiger partial charge is 0.490 e. The van der Waals surface area contributed by atoms with E-state index in [1.54, 1.807) is 17.0 Å². The molecule has 1 N–H and O–H groups in total. The smallest absolute Gasteiger partial charge is 0.410 e. The minimum atomic E-state index is -0.960. The molecule has 1 aliphatic rings. The number of aromatic carboxylic acids is 1. The lowest BCUT2D eigenvalue weighted by molar-refractivity contribution is -0.0262. The SMILES string of the molecule is CC(C)(C)OC(=O)N1CCC(Oc2ccc(C(=O)O)cc2)CC1(C)C. The van der Waals surface area contributed by atoms with Crippen LogP contribution >= 0.6 is 0 Å². The molecule has 138 valence electrons. The maximum absolute atomic E-state index is 12.4. The summed E-state index contributed by atoms with van der Waals surface area (Å²) in [7, 11) is 0. The van der Waals surface area contributed by atoms with Gasteiger partial charge in [0.2, 0.25) is 0 Å². The first-order valence-electron chi connectivity index (χ1n) is 8.48. The zero-order valence-electron chi connectivity index (χ0n) is 15.5. The molecular formula is C19H27NO5. The van der Waals surface area contributed by atoms with Crippen LogP contribution in [-0.4, -0.2) is 45.9 Å². The average Bonchev–Trinajstić information content (AvgIpc) is 2.44. The number of carbonyl (C=O) groups excluding carboxylic acids is 1. The molecule has 1 aliphatic heterocycles. The quantitative estimate of drug-likeness (QED) is 0.894. The number of hydrogen-bond donors (Lipinski definition) is 1. The summed E-state index contributed by atoms with van der Waals surface area (Å²) in [6.07, 6.45) is 1.03. The van der Waals surface area contributed by atoms with Crippen molar-refractivity contribution in [2.75, 3.05) is 6.54 Å². The van der Waals surface area contributed by atoms with Crippen molar-refractivity contribution in [3.05, 3.63) is 29.8 Å². The molecule has 1 aromatic rings. The van der Waals surface area contributed by atoms with Gasteiger partial charge in [-0.3, -0.25) is 0 Å². The zero-order chi connectivity index (χ0) is 18.8. The number of amides is 1. The summed E-state index contributed by atoms with van der Waals surface area (Å²) < 4.78 is 11.5. The van der Waals surface area contributed by atoms with Crippen LogP contribution in [0.15, 0.2) is 24.3 Å². The Bertz CT molecular complexity index is 630. The Labute approximate surface area is 148 Å². The summed E-state index contributed by atoms with van der Waals surface area (Å²) >= 11 is 0. The van der Waals surface area contributed by atoms with Gasteiger partial charge in [0.05, 0.1) is 5.56 Å². The van der Waals surface area contributed by atoms with Gasteiger partial charge < -0.3 is 19.5 Å². The highest BCUT2D eigenvalue weighted by Crippen LogP contribution is 2.31. The number of hydrogen-bond acceptors (Lipinski definition) is 4. The lowest BCUT2D eigenvalue weighted by Gasteiger charge is -2.45. The Morgan fingerprint density at radius 2 is 1.80 bits per heavy atom. The molecule has 0 spiro atoms. The summed E-state index contributed by atoms with van der Waals surface area (Å²) in [5, 5.41) is 8.94. The fourth-order valence-electron chi connectivity index (χ4n) is 2.97. The van der Waals surface area contributed by atoms with Crippen molar-refractivity contribution in [3.63, 3.8) is 0 Å². The van der Waals surface area contributed by atoms with Crippen LogP contribution in [0.3, 0.4) is 0 Å². The minimum absolute atomic E-state index is 0.0376. The number of carboxylic acids is 1. The van der Waals surface area contributed by atoms with Crippen LogP contribution in [0.1, 0.15) is 57.8 Å². The van der Waals surface area contributed by atoms with E-state index in [0.717, 1.165) is 0 Å². The fourth-order valence-corrected chi connectivity index (χ4v) is 2.97. The van der Waals surface area contributed by atoms with E-state index in [0.29, 0.717) is 25.1 Å². The first-order chi connectivity index (χ1) is 11.5. The van der Waals surface area contributed by atoms with Crippen molar-refractivity contribution in [1.29, 1.82) is 0 Å². The van der Waals surface area contributed by atoms with Gasteiger partial charge in [-0.2, -0.15) is 0 Å². The standard InChI is InChI=1S/C19H27NO5/c1-18(2,3)25-17(23)20-11-10-15(12-19(20,4)5)24-14-8-6-13(7-9-14)16(21)22/h6-9,15H,10-12H2,1-5H3,(H,21,22). The third-order valence-electron chi connectivity index (χ3n) is 4.15. The Morgan fingerprint density at radius 1 is 1.20 bits per heavy atom. The van der Waals surface area contributed by atoms with Crippen molar-refractivity contribution in [2.45, 2.75) is 64.7 Å². The highest BCUT2D eigenvalue weighted by atomic mass is 16.6. The normalized spacial score (nSPS) is 20.0. The van der Waals surface area contributed by atoms with Crippen LogP contribution in [-0.2, 0) is 4.74 Å². The van der Waals surface area contributed by atoms with Crippen molar-refractivity contribution < 1.29 is 24.2 Å². The molecule has 0 radical (unpaired) electrons. The molecule has 2 rings (SSSR count). The Hall–Kier alpha value is -2.24. The van der Waals surface area contributed by atoms with Gasteiger partial charge in [0, 0.05) is 24.9 Å². The van der Waals surface area contributed by atoms with Crippen LogP contribution in [0.5, 0.6) is 5.75 Å². The number of carbonyl (C=O) groups is 2. The van der Waals surface area contributed by atoms with Gasteiger partial charge >= 0.3 is 12.1 Å². The lowest BCUT2D eigenvalue weighted by Crippen LogP contribution is -2.56. The molecule has 1 heterocycles. The van der Waals surface area contributed by atoms with Crippen LogP contribution in [0.4, 0.5) is 4.79 Å². The molecule has 0 saturated carbocycles. The third-order valence-corrected chi connectivity index (χ3v) is 4.15. The van der Waals surface area contributed by atoms with E-state index in [-0.39, 0.29) is 23.3 Å². The third kappa shape index (κ3) is 5.11. The van der Waals surface area contributed by atoms with E-state index in [1.807, 2.05) is 34.6 Å². The van der Waals surface area contributed by atoms with E-state index in [9.17, 15) is 9.59 Å². The Balaban J connectivity index is 1.99. The molecule has 0 bridgehead atoms. The number of nitrogens with zero attached hydrogens (tertiary/aromatic N) is 1. The number of likely N-dealkylation sites (tertiary alicyclic amines) is 1. The Kier molecular flexibility index (Phi) is 5.30. The summed E-state index contributed by atoms with van der Waals surface area (Å²) in [6.45, 7) is 10.1. The van der Waals surface area contributed by atoms with Crippen molar-refractivity contribution >= 4 is 12.1 Å². The number of benzene rings is 1. The van der Waals surface area contributed by atoms with E-state index < -0.39 is 11.6 Å². The molecule has 1 atom stereocenters. The summed E-state index contributed by atoms with van der Waals surface area (Å²) in [5.74, 6) is -0.324. The van der Waals surface area contributed by atoms with Gasteiger partial charge in [-0.25, -0.2) is 9.59 Å². The summed E-state index contributed by atoms with van der Waals surface area (Å²) in [4.78, 5) is 25.1. The molecule has 25 heavy (non-hydrogen) atoms. The summed E-state index contributed by atoms with van der Waals surface area (Å²) in [5.41, 5.74) is -0.675. The van der Waals surface area contributed by atoms with Crippen LogP contribution in [0.2, 0.25) is 0 Å². The van der Waals surface area contributed by atoms with Gasteiger partial charge in [0.1, 0.15) is 17.5 Å². The molecule has 1 aromatic carbocycles. The number of piperidine rings is 1. The number of rotatable bonds is 3.